The smallest absolute Gasteiger partial charge is 0.222 e. The fourth-order valence-corrected chi connectivity index (χ4v) is 1.52. The maximum Gasteiger partial charge on any atom is 0.222 e. The van der Waals surface area contributed by atoms with Crippen molar-refractivity contribution in [1.29, 1.82) is 0 Å². The number of ketones is 1. The van der Waals surface area contributed by atoms with E-state index in [0.29, 0.717) is 19.0 Å². The molecule has 0 saturated heterocycles. The van der Waals surface area contributed by atoms with Gasteiger partial charge in [-0.1, -0.05) is 30.3 Å². The molecule has 0 aliphatic carbocycles. The lowest BCUT2D eigenvalue weighted by Gasteiger charge is -2.04. The Morgan fingerprint density at radius 2 is 2.12 bits per heavy atom. The minimum absolute atomic E-state index is 0.0755. The van der Waals surface area contributed by atoms with E-state index >= 15 is 0 Å². The fraction of sp³-hybridized carbons (Fsp3) is 0.308. The Bertz CT molecular complexity index is 381. The minimum atomic E-state index is -0.0755. The molecule has 1 aromatic carbocycles. The molecule has 0 saturated carbocycles. The molecule has 0 amide bonds. The summed E-state index contributed by atoms with van der Waals surface area (Å²) in [5.74, 6) is 0.376. The Labute approximate surface area is 94.7 Å². The number of hydrogen-bond donors (Lipinski definition) is 0. The normalized spacial score (nSPS) is 14.4. The van der Waals surface area contributed by atoms with Gasteiger partial charge in [-0.2, -0.15) is 0 Å². The Balaban J connectivity index is 1.74. The van der Waals surface area contributed by atoms with E-state index in [4.69, 9.17) is 9.47 Å². The molecule has 3 heteroatoms. The van der Waals surface area contributed by atoms with Crippen molar-refractivity contribution in [2.45, 2.75) is 13.0 Å². The van der Waals surface area contributed by atoms with Gasteiger partial charge in [-0.05, 0) is 11.6 Å². The monoisotopic (exact) mass is 218 g/mol. The zero-order valence-corrected chi connectivity index (χ0v) is 9.02. The Hall–Kier alpha value is -1.61. The summed E-state index contributed by atoms with van der Waals surface area (Å²) >= 11 is 0. The van der Waals surface area contributed by atoms with E-state index in [1.807, 2.05) is 36.4 Å². The van der Waals surface area contributed by atoms with Gasteiger partial charge in [0.25, 0.3) is 0 Å². The summed E-state index contributed by atoms with van der Waals surface area (Å²) in [5, 5.41) is 0. The summed E-state index contributed by atoms with van der Waals surface area (Å²) in [4.78, 5) is 11.5. The van der Waals surface area contributed by atoms with E-state index in [0.717, 1.165) is 12.0 Å². The van der Waals surface area contributed by atoms with Crippen LogP contribution < -0.4 is 0 Å². The first kappa shape index (κ1) is 10.9. The highest BCUT2D eigenvalue weighted by atomic mass is 16.5. The van der Waals surface area contributed by atoms with Crippen molar-refractivity contribution < 1.29 is 14.3 Å². The molecule has 3 nitrogen and oxygen atoms in total. The number of carbonyl (C=O) groups is 1. The summed E-state index contributed by atoms with van der Waals surface area (Å²) in [5.41, 5.74) is 1.07. The van der Waals surface area contributed by atoms with Gasteiger partial charge in [0.05, 0.1) is 13.2 Å². The summed E-state index contributed by atoms with van der Waals surface area (Å²) < 4.78 is 10.5. The van der Waals surface area contributed by atoms with E-state index in [2.05, 4.69) is 0 Å². The number of Topliss-reactive ketones (excluding diaryl/α,β-unsaturated/α-hetero) is 1. The zero-order valence-electron chi connectivity index (χ0n) is 9.02. The van der Waals surface area contributed by atoms with Gasteiger partial charge in [0, 0.05) is 6.42 Å². The van der Waals surface area contributed by atoms with Crippen LogP contribution >= 0.6 is 0 Å². The van der Waals surface area contributed by atoms with E-state index in [1.54, 1.807) is 0 Å². The van der Waals surface area contributed by atoms with Crippen molar-refractivity contribution in [2.75, 3.05) is 13.2 Å². The zero-order chi connectivity index (χ0) is 11.2. The first-order valence-corrected chi connectivity index (χ1v) is 5.34. The van der Waals surface area contributed by atoms with Crippen molar-refractivity contribution in [3.63, 3.8) is 0 Å². The second-order valence-electron chi connectivity index (χ2n) is 3.61. The van der Waals surface area contributed by atoms with Crippen LogP contribution in [0.3, 0.4) is 0 Å². The minimum Gasteiger partial charge on any atom is -0.490 e. The summed E-state index contributed by atoms with van der Waals surface area (Å²) in [6, 6.07) is 9.78. The van der Waals surface area contributed by atoms with Crippen LogP contribution in [-0.4, -0.2) is 19.0 Å². The standard InChI is InChI=1S/C13H14O3/c14-12(13-7-4-8-16-13)10-15-9-11-5-2-1-3-6-11/h1-3,5-7H,4,8-10H2. The Kier molecular flexibility index (Phi) is 3.72. The van der Waals surface area contributed by atoms with Crippen LogP contribution in [0.2, 0.25) is 0 Å². The van der Waals surface area contributed by atoms with Gasteiger partial charge in [0.15, 0.2) is 5.76 Å². The summed E-state index contributed by atoms with van der Waals surface area (Å²) in [6.07, 6.45) is 2.63. The van der Waals surface area contributed by atoms with Crippen LogP contribution in [0.4, 0.5) is 0 Å². The molecule has 0 atom stereocenters. The molecule has 0 radical (unpaired) electrons. The van der Waals surface area contributed by atoms with Crippen LogP contribution in [0, 0.1) is 0 Å². The maximum atomic E-state index is 11.5. The molecular weight excluding hydrogens is 204 g/mol. The predicted octanol–water partition coefficient (Wildman–Crippen LogP) is 2.08. The largest absolute Gasteiger partial charge is 0.490 e. The Morgan fingerprint density at radius 3 is 2.81 bits per heavy atom. The van der Waals surface area contributed by atoms with Gasteiger partial charge >= 0.3 is 0 Å². The molecule has 0 N–H and O–H groups in total. The molecule has 0 fully saturated rings. The van der Waals surface area contributed by atoms with Crippen molar-refractivity contribution in [2.24, 2.45) is 0 Å². The van der Waals surface area contributed by atoms with Crippen LogP contribution in [0.1, 0.15) is 12.0 Å². The van der Waals surface area contributed by atoms with Gasteiger partial charge in [-0.25, -0.2) is 0 Å². The third-order valence-corrected chi connectivity index (χ3v) is 2.32. The molecule has 0 unspecified atom stereocenters. The van der Waals surface area contributed by atoms with E-state index in [9.17, 15) is 4.79 Å². The van der Waals surface area contributed by atoms with E-state index < -0.39 is 0 Å². The highest BCUT2D eigenvalue weighted by molar-refractivity contribution is 5.94. The van der Waals surface area contributed by atoms with Crippen LogP contribution in [0.5, 0.6) is 0 Å². The lowest BCUT2D eigenvalue weighted by atomic mass is 10.2. The molecule has 1 aromatic rings. The molecule has 2 rings (SSSR count). The molecule has 1 aliphatic heterocycles. The number of carbonyl (C=O) groups excluding carboxylic acids is 1. The van der Waals surface area contributed by atoms with Gasteiger partial charge < -0.3 is 9.47 Å². The number of ether oxygens (including phenoxy) is 2. The van der Waals surface area contributed by atoms with Gasteiger partial charge in [0.2, 0.25) is 5.78 Å². The topological polar surface area (TPSA) is 35.5 Å². The van der Waals surface area contributed by atoms with Crippen LogP contribution in [-0.2, 0) is 20.9 Å². The third kappa shape index (κ3) is 2.94. The van der Waals surface area contributed by atoms with Gasteiger partial charge in [-0.3, -0.25) is 4.79 Å². The molecule has 0 aromatic heterocycles. The molecule has 0 bridgehead atoms. The summed E-state index contributed by atoms with van der Waals surface area (Å²) in [6.45, 7) is 1.15. The summed E-state index contributed by atoms with van der Waals surface area (Å²) in [7, 11) is 0. The number of rotatable bonds is 5. The van der Waals surface area contributed by atoms with Crippen molar-refractivity contribution in [3.8, 4) is 0 Å². The Morgan fingerprint density at radius 1 is 1.31 bits per heavy atom. The molecule has 0 spiro atoms. The molecular formula is C13H14O3. The molecule has 1 heterocycles. The molecule has 84 valence electrons. The first-order valence-electron chi connectivity index (χ1n) is 5.34. The average molecular weight is 218 g/mol. The van der Waals surface area contributed by atoms with E-state index in [1.165, 1.54) is 0 Å². The van der Waals surface area contributed by atoms with Crippen LogP contribution in [0.15, 0.2) is 42.2 Å². The second-order valence-corrected chi connectivity index (χ2v) is 3.61. The number of benzene rings is 1. The van der Waals surface area contributed by atoms with Gasteiger partial charge in [-0.15, -0.1) is 0 Å². The first-order chi connectivity index (χ1) is 7.86. The fourth-order valence-electron chi connectivity index (χ4n) is 1.52. The number of hydrogen-bond acceptors (Lipinski definition) is 3. The van der Waals surface area contributed by atoms with Crippen molar-refractivity contribution >= 4 is 5.78 Å². The highest BCUT2D eigenvalue weighted by Gasteiger charge is 2.14. The lowest BCUT2D eigenvalue weighted by Crippen LogP contribution is -2.11. The lowest BCUT2D eigenvalue weighted by molar-refractivity contribution is -0.123. The van der Waals surface area contributed by atoms with Crippen molar-refractivity contribution in [1.82, 2.24) is 0 Å². The van der Waals surface area contributed by atoms with Gasteiger partial charge in [0.1, 0.15) is 6.61 Å². The highest BCUT2D eigenvalue weighted by Crippen LogP contribution is 2.10. The van der Waals surface area contributed by atoms with Crippen molar-refractivity contribution in [3.05, 3.63) is 47.7 Å². The third-order valence-electron chi connectivity index (χ3n) is 2.32. The quantitative estimate of drug-likeness (QED) is 0.759. The maximum absolute atomic E-state index is 11.5. The SMILES string of the molecule is O=C(COCc1ccccc1)C1=CCCO1. The second kappa shape index (κ2) is 5.47. The van der Waals surface area contributed by atoms with E-state index in [-0.39, 0.29) is 12.4 Å². The molecule has 1 aliphatic rings. The average Bonchev–Trinajstić information content (AvgIpc) is 2.84. The molecule has 16 heavy (non-hydrogen) atoms. The predicted molar refractivity (Wildman–Crippen MR) is 59.8 cm³/mol. The van der Waals surface area contributed by atoms with Crippen LogP contribution in [0.25, 0.3) is 0 Å².